The molecule has 0 saturated carbocycles. The number of nitrogens with one attached hydrogen (secondary N) is 1. The lowest BCUT2D eigenvalue weighted by Gasteiger charge is -2.23. The van der Waals surface area contributed by atoms with Gasteiger partial charge in [0.15, 0.2) is 0 Å². The summed E-state index contributed by atoms with van der Waals surface area (Å²) < 4.78 is 5.89. The largest absolute Gasteiger partial charge is 0.492 e. The molecule has 1 heterocycles. The number of benzene rings is 2. The lowest BCUT2D eigenvalue weighted by atomic mass is 10.0. The minimum atomic E-state index is 0. The van der Waals surface area contributed by atoms with Crippen LogP contribution in [0.1, 0.15) is 30.4 Å². The first-order valence-electron chi connectivity index (χ1n) is 7.89. The average molecular weight is 318 g/mol. The van der Waals surface area contributed by atoms with E-state index in [-0.39, 0.29) is 12.4 Å². The fourth-order valence-electron chi connectivity index (χ4n) is 2.80. The minimum absolute atomic E-state index is 0. The Kier molecular flexibility index (Phi) is 6.75. The van der Waals surface area contributed by atoms with Crippen LogP contribution in [0.5, 0.6) is 5.75 Å². The molecule has 0 aromatic heterocycles. The highest BCUT2D eigenvalue weighted by Gasteiger charge is 2.12. The second-order valence-corrected chi connectivity index (χ2v) is 5.76. The zero-order valence-electron chi connectivity index (χ0n) is 12.8. The van der Waals surface area contributed by atoms with Crippen molar-refractivity contribution >= 4 is 12.4 Å². The van der Waals surface area contributed by atoms with Gasteiger partial charge in [-0.3, -0.25) is 0 Å². The highest BCUT2D eigenvalue weighted by Crippen LogP contribution is 2.16. The molecule has 0 spiro atoms. The van der Waals surface area contributed by atoms with E-state index in [9.17, 15) is 0 Å². The summed E-state index contributed by atoms with van der Waals surface area (Å²) in [5.41, 5.74) is 2.67. The van der Waals surface area contributed by atoms with Gasteiger partial charge in [0.2, 0.25) is 0 Å². The van der Waals surface area contributed by atoms with E-state index in [0.29, 0.717) is 6.04 Å². The van der Waals surface area contributed by atoms with Gasteiger partial charge < -0.3 is 10.1 Å². The maximum Gasteiger partial charge on any atom is 0.119 e. The molecule has 1 unspecified atom stereocenters. The van der Waals surface area contributed by atoms with Crippen LogP contribution in [0.3, 0.4) is 0 Å². The first-order chi connectivity index (χ1) is 10.4. The average Bonchev–Trinajstić information content (AvgIpc) is 2.56. The van der Waals surface area contributed by atoms with E-state index >= 15 is 0 Å². The van der Waals surface area contributed by atoms with Crippen LogP contribution in [-0.2, 0) is 6.42 Å². The van der Waals surface area contributed by atoms with Gasteiger partial charge >= 0.3 is 0 Å². The number of rotatable bonds is 5. The Morgan fingerprint density at radius 3 is 2.32 bits per heavy atom. The third kappa shape index (κ3) is 5.04. The summed E-state index contributed by atoms with van der Waals surface area (Å²) in [6, 6.07) is 19.6. The van der Waals surface area contributed by atoms with Gasteiger partial charge in [0.1, 0.15) is 12.4 Å². The first-order valence-corrected chi connectivity index (χ1v) is 7.89. The summed E-state index contributed by atoms with van der Waals surface area (Å²) in [6.45, 7) is 1.90. The summed E-state index contributed by atoms with van der Waals surface area (Å²) >= 11 is 0. The fraction of sp³-hybridized carbons (Fsp3) is 0.368. The van der Waals surface area contributed by atoms with Gasteiger partial charge in [-0.25, -0.2) is 0 Å². The molecule has 1 atom stereocenters. The number of ether oxygens (including phenoxy) is 1. The Morgan fingerprint density at radius 1 is 0.909 bits per heavy atom. The quantitative estimate of drug-likeness (QED) is 0.891. The monoisotopic (exact) mass is 317 g/mol. The number of piperidine rings is 1. The standard InChI is InChI=1S/C19H23NO.ClH/c1-2-6-16(7-3-1)14-17-9-11-19(12-10-17)21-15-18-8-4-5-13-20-18;/h1-3,6-7,9-12,18,20H,4-5,8,13-15H2;1H. The van der Waals surface area contributed by atoms with Crippen LogP contribution in [-0.4, -0.2) is 19.2 Å². The molecule has 3 heteroatoms. The Hall–Kier alpha value is -1.51. The van der Waals surface area contributed by atoms with Gasteiger partial charge in [0.25, 0.3) is 0 Å². The van der Waals surface area contributed by atoms with Gasteiger partial charge in [-0.15, -0.1) is 12.4 Å². The number of hydrogen-bond acceptors (Lipinski definition) is 2. The van der Waals surface area contributed by atoms with Crippen LogP contribution in [0.2, 0.25) is 0 Å². The van der Waals surface area contributed by atoms with Crippen LogP contribution >= 0.6 is 12.4 Å². The molecule has 22 heavy (non-hydrogen) atoms. The SMILES string of the molecule is Cl.c1ccc(Cc2ccc(OCC3CCCCN3)cc2)cc1. The number of hydrogen-bond donors (Lipinski definition) is 1. The predicted molar refractivity (Wildman–Crippen MR) is 94.1 cm³/mol. The van der Waals surface area contributed by atoms with Crippen molar-refractivity contribution in [3.05, 3.63) is 65.7 Å². The van der Waals surface area contributed by atoms with Crippen LogP contribution in [0.25, 0.3) is 0 Å². The molecule has 1 aliphatic rings. The van der Waals surface area contributed by atoms with Crippen LogP contribution < -0.4 is 10.1 Å². The van der Waals surface area contributed by atoms with Crippen molar-refractivity contribution in [2.24, 2.45) is 0 Å². The molecule has 3 rings (SSSR count). The Labute approximate surface area is 139 Å². The third-order valence-electron chi connectivity index (χ3n) is 4.04. The number of halogens is 1. The van der Waals surface area contributed by atoms with Gasteiger partial charge in [-0.2, -0.15) is 0 Å². The van der Waals surface area contributed by atoms with Crippen molar-refractivity contribution in [1.82, 2.24) is 5.32 Å². The fourth-order valence-corrected chi connectivity index (χ4v) is 2.80. The van der Waals surface area contributed by atoms with Crippen molar-refractivity contribution in [2.45, 2.75) is 31.7 Å². The van der Waals surface area contributed by atoms with E-state index in [0.717, 1.165) is 25.3 Å². The highest BCUT2D eigenvalue weighted by molar-refractivity contribution is 5.85. The summed E-state index contributed by atoms with van der Waals surface area (Å²) in [7, 11) is 0. The molecule has 1 saturated heterocycles. The molecule has 0 bridgehead atoms. The van der Waals surface area contributed by atoms with Crippen molar-refractivity contribution in [2.75, 3.05) is 13.2 Å². The van der Waals surface area contributed by atoms with Gasteiger partial charge in [0, 0.05) is 6.04 Å². The molecule has 1 aliphatic heterocycles. The highest BCUT2D eigenvalue weighted by atomic mass is 35.5. The van der Waals surface area contributed by atoms with Crippen LogP contribution in [0.15, 0.2) is 54.6 Å². The molecule has 2 aromatic rings. The van der Waals surface area contributed by atoms with Gasteiger partial charge in [0.05, 0.1) is 0 Å². The topological polar surface area (TPSA) is 21.3 Å². The molecule has 2 nitrogen and oxygen atoms in total. The lowest BCUT2D eigenvalue weighted by Crippen LogP contribution is -2.38. The second-order valence-electron chi connectivity index (χ2n) is 5.76. The molecular formula is C19H24ClNO. The van der Waals surface area contributed by atoms with Crippen molar-refractivity contribution in [1.29, 1.82) is 0 Å². The molecule has 1 N–H and O–H groups in total. The summed E-state index contributed by atoms with van der Waals surface area (Å²) in [6.07, 6.45) is 4.82. The first kappa shape index (κ1) is 16.9. The summed E-state index contributed by atoms with van der Waals surface area (Å²) in [5.74, 6) is 0.971. The molecule has 0 radical (unpaired) electrons. The van der Waals surface area contributed by atoms with E-state index in [2.05, 4.69) is 59.9 Å². The summed E-state index contributed by atoms with van der Waals surface area (Å²) in [5, 5.41) is 3.51. The molecule has 0 amide bonds. The third-order valence-corrected chi connectivity index (χ3v) is 4.04. The Bertz CT molecular complexity index is 535. The smallest absolute Gasteiger partial charge is 0.119 e. The van der Waals surface area contributed by atoms with E-state index in [1.54, 1.807) is 0 Å². The molecule has 1 fully saturated rings. The Balaban J connectivity index is 0.00000176. The van der Waals surface area contributed by atoms with Crippen LogP contribution in [0.4, 0.5) is 0 Å². The molecule has 118 valence electrons. The lowest BCUT2D eigenvalue weighted by molar-refractivity contribution is 0.239. The van der Waals surface area contributed by atoms with Gasteiger partial charge in [-0.05, 0) is 49.1 Å². The molecule has 2 aromatic carbocycles. The zero-order chi connectivity index (χ0) is 14.3. The van der Waals surface area contributed by atoms with Gasteiger partial charge in [-0.1, -0.05) is 48.9 Å². The van der Waals surface area contributed by atoms with Crippen molar-refractivity contribution in [3.63, 3.8) is 0 Å². The van der Waals surface area contributed by atoms with Crippen molar-refractivity contribution in [3.8, 4) is 5.75 Å². The normalized spacial score (nSPS) is 17.5. The second kappa shape index (κ2) is 8.82. The van der Waals surface area contributed by atoms with E-state index in [1.165, 1.54) is 30.4 Å². The van der Waals surface area contributed by atoms with Crippen LogP contribution in [0, 0.1) is 0 Å². The minimum Gasteiger partial charge on any atom is -0.492 e. The Morgan fingerprint density at radius 2 is 1.64 bits per heavy atom. The predicted octanol–water partition coefficient (Wildman–Crippen LogP) is 4.22. The molecule has 0 aliphatic carbocycles. The summed E-state index contributed by atoms with van der Waals surface area (Å²) in [4.78, 5) is 0. The van der Waals surface area contributed by atoms with E-state index < -0.39 is 0 Å². The van der Waals surface area contributed by atoms with E-state index in [1.807, 2.05) is 0 Å². The zero-order valence-corrected chi connectivity index (χ0v) is 13.6. The van der Waals surface area contributed by atoms with E-state index in [4.69, 9.17) is 4.74 Å². The molecular weight excluding hydrogens is 294 g/mol. The van der Waals surface area contributed by atoms with Crippen molar-refractivity contribution < 1.29 is 4.74 Å². The maximum atomic E-state index is 5.89. The maximum absolute atomic E-state index is 5.89.